The molecule has 2 atom stereocenters. The summed E-state index contributed by atoms with van der Waals surface area (Å²) in [6, 6.07) is 23.0. The minimum Gasteiger partial charge on any atom is -0.428 e. The van der Waals surface area contributed by atoms with Crippen molar-refractivity contribution in [3.63, 3.8) is 0 Å². The van der Waals surface area contributed by atoms with Crippen molar-refractivity contribution in [1.82, 2.24) is 26.2 Å². The van der Waals surface area contributed by atoms with Crippen LogP contribution in [0.15, 0.2) is 97.2 Å². The summed E-state index contributed by atoms with van der Waals surface area (Å²) in [4.78, 5) is 81.2. The largest absolute Gasteiger partial charge is 0.514 e. The standard InChI is InChI=1S/C47H49Cl2N5O8/c1-27(24-50-43(57)32-11-7-29(8-12-32)30-13-16-34(49)17-14-30)54(5)42-33-15-18-36(31-9-10-31)37(22-33)38-20-28(6-19-40(38)61-46(60)62-47(2,3)4)21-39(44(58)51-25-35(55)23-48)53-41(56)26-52-45(42)59/h6-8,11-20,22,31,39,42H,1,9-10,21,23-26H2,2-5H3,(H,50,57)(H,51,58)(H,52,59)(H,53,56). The van der Waals surface area contributed by atoms with Gasteiger partial charge in [-0.05, 0) is 115 Å². The molecule has 62 heavy (non-hydrogen) atoms. The number of amides is 4. The van der Waals surface area contributed by atoms with E-state index >= 15 is 0 Å². The fraction of sp³-hybridized carbons (Fsp3) is 0.319. The van der Waals surface area contributed by atoms with Crippen LogP contribution >= 0.6 is 23.2 Å². The zero-order valence-corrected chi connectivity index (χ0v) is 36.5. The molecule has 1 heterocycles. The van der Waals surface area contributed by atoms with E-state index in [1.165, 1.54) is 0 Å². The topological polar surface area (TPSA) is 172 Å². The molecular weight excluding hydrogens is 833 g/mol. The summed E-state index contributed by atoms with van der Waals surface area (Å²) in [6.45, 7) is 8.53. The van der Waals surface area contributed by atoms with E-state index < -0.39 is 53.9 Å². The molecule has 4 bridgehead atoms. The maximum absolute atomic E-state index is 14.3. The second kappa shape index (κ2) is 19.7. The van der Waals surface area contributed by atoms with Crippen molar-refractivity contribution in [2.75, 3.05) is 32.6 Å². The molecule has 2 unspecified atom stereocenters. The summed E-state index contributed by atoms with van der Waals surface area (Å²) >= 11 is 11.7. The SMILES string of the molecule is C=C(CNC(=O)c1ccc(-c2ccc(Cl)cc2)cc1)N(C)C1C(=O)NCC(=O)NC(C(=O)NCC(=O)CCl)Cc2ccc(OC(=O)OC(C)(C)C)c(c2)-c2cc1ccc2C1CC1. The number of hydrogen-bond donors (Lipinski definition) is 4. The van der Waals surface area contributed by atoms with Crippen LogP contribution in [0.4, 0.5) is 4.79 Å². The zero-order chi connectivity index (χ0) is 44.7. The molecule has 4 N–H and O–H groups in total. The highest BCUT2D eigenvalue weighted by molar-refractivity contribution is 6.30. The van der Waals surface area contributed by atoms with E-state index in [1.807, 2.05) is 42.5 Å². The summed E-state index contributed by atoms with van der Waals surface area (Å²) in [7, 11) is 1.66. The van der Waals surface area contributed by atoms with Crippen LogP contribution in [-0.4, -0.2) is 84.7 Å². The lowest BCUT2D eigenvalue weighted by Crippen LogP contribution is -2.52. The summed E-state index contributed by atoms with van der Waals surface area (Å²) in [5.74, 6) is -2.57. The third-order valence-electron chi connectivity index (χ3n) is 10.4. The predicted octanol–water partition coefficient (Wildman–Crippen LogP) is 6.86. The average molecular weight is 883 g/mol. The van der Waals surface area contributed by atoms with Crippen LogP contribution in [-0.2, 0) is 30.3 Å². The van der Waals surface area contributed by atoms with Crippen LogP contribution in [0.3, 0.4) is 0 Å². The van der Waals surface area contributed by atoms with Crippen LogP contribution in [0.25, 0.3) is 22.3 Å². The van der Waals surface area contributed by atoms with E-state index in [0.717, 1.165) is 29.5 Å². The van der Waals surface area contributed by atoms with Crippen molar-refractivity contribution in [1.29, 1.82) is 0 Å². The van der Waals surface area contributed by atoms with Crippen molar-refractivity contribution >= 4 is 58.8 Å². The van der Waals surface area contributed by atoms with Gasteiger partial charge in [-0.25, -0.2) is 4.79 Å². The monoisotopic (exact) mass is 881 g/mol. The number of nitrogens with zero attached hydrogens (tertiary/aromatic N) is 1. The molecule has 6 rings (SSSR count). The Bertz CT molecular complexity index is 2370. The Morgan fingerprint density at radius 1 is 0.871 bits per heavy atom. The Kier molecular flexibility index (Phi) is 14.4. The van der Waals surface area contributed by atoms with Gasteiger partial charge in [0.1, 0.15) is 23.4 Å². The molecule has 0 saturated heterocycles. The highest BCUT2D eigenvalue weighted by atomic mass is 35.5. The van der Waals surface area contributed by atoms with Gasteiger partial charge in [0.2, 0.25) is 17.7 Å². The number of ether oxygens (including phenoxy) is 2. The number of likely N-dealkylation sites (N-methyl/N-ethyl adjacent to an activating group) is 1. The van der Waals surface area contributed by atoms with Gasteiger partial charge in [-0.3, -0.25) is 24.0 Å². The fourth-order valence-corrected chi connectivity index (χ4v) is 7.22. The van der Waals surface area contributed by atoms with E-state index in [4.69, 9.17) is 32.7 Å². The fourth-order valence-electron chi connectivity index (χ4n) is 7.00. The number of benzene rings is 4. The molecule has 1 aliphatic carbocycles. The minimum absolute atomic E-state index is 0.0117. The van der Waals surface area contributed by atoms with Gasteiger partial charge in [-0.15, -0.1) is 11.6 Å². The van der Waals surface area contributed by atoms with Gasteiger partial charge < -0.3 is 35.6 Å². The Morgan fingerprint density at radius 2 is 1.55 bits per heavy atom. The summed E-state index contributed by atoms with van der Waals surface area (Å²) in [6.07, 6.45) is 0.912. The first kappa shape index (κ1) is 45.3. The number of nitrogens with one attached hydrogen (secondary N) is 4. The van der Waals surface area contributed by atoms with E-state index in [-0.39, 0.29) is 43.0 Å². The molecule has 1 saturated carbocycles. The number of carbonyl (C=O) groups excluding carboxylic acids is 6. The molecular formula is C47H49Cl2N5O8. The second-order valence-electron chi connectivity index (χ2n) is 16.3. The molecule has 0 aromatic heterocycles. The maximum atomic E-state index is 14.3. The van der Waals surface area contributed by atoms with E-state index in [1.54, 1.807) is 75.2 Å². The summed E-state index contributed by atoms with van der Waals surface area (Å²) in [5.41, 5.74) is 5.10. The Labute approximate surface area is 370 Å². The number of alkyl halides is 1. The smallest absolute Gasteiger partial charge is 0.428 e. The molecule has 13 nitrogen and oxygen atoms in total. The molecule has 4 amide bonds. The van der Waals surface area contributed by atoms with Crippen LogP contribution < -0.4 is 26.0 Å². The number of Topliss-reactive ketones (excluding diaryl/α,β-unsaturated/α-hetero) is 1. The zero-order valence-electron chi connectivity index (χ0n) is 34.9. The molecule has 1 aliphatic heterocycles. The van der Waals surface area contributed by atoms with Gasteiger partial charge >= 0.3 is 6.16 Å². The lowest BCUT2D eigenvalue weighted by molar-refractivity contribution is -0.131. The lowest BCUT2D eigenvalue weighted by Gasteiger charge is -2.32. The first-order valence-corrected chi connectivity index (χ1v) is 21.1. The van der Waals surface area contributed by atoms with E-state index in [2.05, 4.69) is 27.8 Å². The summed E-state index contributed by atoms with van der Waals surface area (Å²) in [5, 5.41) is 11.5. The number of carbonyl (C=O) groups is 6. The van der Waals surface area contributed by atoms with Gasteiger partial charge in [0.15, 0.2) is 5.78 Å². The van der Waals surface area contributed by atoms with E-state index in [9.17, 15) is 28.8 Å². The maximum Gasteiger partial charge on any atom is 0.514 e. The van der Waals surface area contributed by atoms with Gasteiger partial charge in [0, 0.05) is 35.3 Å². The van der Waals surface area contributed by atoms with Crippen LogP contribution in [0.2, 0.25) is 5.02 Å². The van der Waals surface area contributed by atoms with Crippen molar-refractivity contribution in [3.8, 4) is 28.0 Å². The molecule has 4 aromatic carbocycles. The van der Waals surface area contributed by atoms with Crippen LogP contribution in [0.5, 0.6) is 5.75 Å². The second-order valence-corrected chi connectivity index (χ2v) is 17.0. The third kappa shape index (κ3) is 11.8. The normalized spacial score (nSPS) is 16.4. The number of ketones is 1. The van der Waals surface area contributed by atoms with E-state index in [0.29, 0.717) is 38.5 Å². The van der Waals surface area contributed by atoms with Crippen molar-refractivity contribution in [3.05, 3.63) is 124 Å². The van der Waals surface area contributed by atoms with Crippen molar-refractivity contribution < 1.29 is 38.2 Å². The average Bonchev–Trinajstić information content (AvgIpc) is 4.09. The first-order valence-electron chi connectivity index (χ1n) is 20.1. The Morgan fingerprint density at radius 3 is 2.19 bits per heavy atom. The lowest BCUT2D eigenvalue weighted by atomic mass is 9.89. The molecule has 0 spiro atoms. The molecule has 0 radical (unpaired) electrons. The third-order valence-corrected chi connectivity index (χ3v) is 10.9. The predicted molar refractivity (Wildman–Crippen MR) is 237 cm³/mol. The molecule has 324 valence electrons. The highest BCUT2D eigenvalue weighted by Crippen LogP contribution is 2.47. The Balaban J connectivity index is 1.34. The molecule has 15 heteroatoms. The number of halogens is 2. The quantitative estimate of drug-likeness (QED) is 0.0674. The molecule has 4 aromatic rings. The Hall–Kier alpha value is -6.18. The van der Waals surface area contributed by atoms with Crippen molar-refractivity contribution in [2.24, 2.45) is 0 Å². The van der Waals surface area contributed by atoms with Crippen LogP contribution in [0, 0.1) is 0 Å². The highest BCUT2D eigenvalue weighted by Gasteiger charge is 2.33. The number of rotatable bonds is 12. The van der Waals surface area contributed by atoms with Gasteiger partial charge in [-0.2, -0.15) is 0 Å². The van der Waals surface area contributed by atoms with Gasteiger partial charge in [0.05, 0.1) is 25.5 Å². The first-order chi connectivity index (χ1) is 29.5. The molecule has 1 fully saturated rings. The van der Waals surface area contributed by atoms with Crippen LogP contribution in [0.1, 0.15) is 72.6 Å². The molecule has 2 aliphatic rings. The number of hydrogen-bond acceptors (Lipinski definition) is 9. The summed E-state index contributed by atoms with van der Waals surface area (Å²) < 4.78 is 11.3. The van der Waals surface area contributed by atoms with Crippen molar-refractivity contribution in [2.45, 2.75) is 63.6 Å². The number of fused-ring (bicyclic) bond motifs is 5. The van der Waals surface area contributed by atoms with Gasteiger partial charge in [-0.1, -0.05) is 60.6 Å². The minimum atomic E-state index is -1.17. The van der Waals surface area contributed by atoms with Gasteiger partial charge in [0.25, 0.3) is 5.91 Å².